The molecule has 82 valence electrons. The molecule has 15 heavy (non-hydrogen) atoms. The monoisotopic (exact) mass is 228 g/mol. The molecule has 0 saturated heterocycles. The molecule has 0 aliphatic heterocycles. The Labute approximate surface area is 93.0 Å². The number of rotatable bonds is 3. The van der Waals surface area contributed by atoms with Gasteiger partial charge in [0.25, 0.3) is 5.91 Å². The first kappa shape index (κ1) is 11.8. The lowest BCUT2D eigenvalue weighted by Gasteiger charge is -2.12. The number of carbonyl (C=O) groups is 1. The summed E-state index contributed by atoms with van der Waals surface area (Å²) in [5, 5.41) is 12.2. The molecule has 4 nitrogen and oxygen atoms in total. The molecule has 0 bridgehead atoms. The van der Waals surface area contributed by atoms with Crippen molar-refractivity contribution in [1.82, 2.24) is 5.32 Å². The van der Waals surface area contributed by atoms with Gasteiger partial charge < -0.3 is 16.2 Å². The molecule has 0 radical (unpaired) electrons. The number of aromatic hydroxyl groups is 1. The Morgan fingerprint density at radius 3 is 2.93 bits per heavy atom. The van der Waals surface area contributed by atoms with E-state index in [1.165, 1.54) is 18.2 Å². The molecular formula is C10H13ClN2O2. The van der Waals surface area contributed by atoms with E-state index < -0.39 is 0 Å². The van der Waals surface area contributed by atoms with E-state index >= 15 is 0 Å². The fourth-order valence-electron chi connectivity index (χ4n) is 1.05. The van der Waals surface area contributed by atoms with Crippen LogP contribution in [0.2, 0.25) is 5.02 Å². The number of amides is 1. The molecule has 0 saturated carbocycles. The van der Waals surface area contributed by atoms with Gasteiger partial charge in [0.05, 0.1) is 10.6 Å². The van der Waals surface area contributed by atoms with Crippen LogP contribution in [0.4, 0.5) is 0 Å². The molecular weight excluding hydrogens is 216 g/mol. The second-order valence-corrected chi connectivity index (χ2v) is 3.68. The van der Waals surface area contributed by atoms with Gasteiger partial charge in [0.1, 0.15) is 5.75 Å². The third-order valence-electron chi connectivity index (χ3n) is 1.93. The summed E-state index contributed by atoms with van der Waals surface area (Å²) in [5.74, 6) is -0.334. The van der Waals surface area contributed by atoms with E-state index in [0.717, 1.165) is 0 Å². The standard InChI is InChI=1S/C10H13ClN2O2/c1-6(5-12)13-10(15)8-4-7(14)2-3-9(8)11/h2-4,6,14H,5,12H2,1H3,(H,13,15)/t6-/m1/s1. The summed E-state index contributed by atoms with van der Waals surface area (Å²) in [5.41, 5.74) is 5.62. The zero-order valence-corrected chi connectivity index (χ0v) is 9.08. The minimum Gasteiger partial charge on any atom is -0.508 e. The number of nitrogens with one attached hydrogen (secondary N) is 1. The quantitative estimate of drug-likeness (QED) is 0.726. The average molecular weight is 229 g/mol. The summed E-state index contributed by atoms with van der Waals surface area (Å²) in [6, 6.07) is 4.08. The largest absolute Gasteiger partial charge is 0.508 e. The Hall–Kier alpha value is -1.26. The summed E-state index contributed by atoms with van der Waals surface area (Å²) >= 11 is 5.81. The van der Waals surface area contributed by atoms with Crippen molar-refractivity contribution in [1.29, 1.82) is 0 Å². The predicted octanol–water partition coefficient (Wildman–Crippen LogP) is 1.12. The van der Waals surface area contributed by atoms with E-state index in [0.29, 0.717) is 11.6 Å². The van der Waals surface area contributed by atoms with Gasteiger partial charge in [-0.25, -0.2) is 0 Å². The van der Waals surface area contributed by atoms with Crippen molar-refractivity contribution < 1.29 is 9.90 Å². The van der Waals surface area contributed by atoms with E-state index in [1.807, 2.05) is 0 Å². The van der Waals surface area contributed by atoms with E-state index in [1.54, 1.807) is 6.92 Å². The molecule has 0 heterocycles. The van der Waals surface area contributed by atoms with Crippen LogP contribution in [-0.4, -0.2) is 23.6 Å². The normalized spacial score (nSPS) is 12.2. The van der Waals surface area contributed by atoms with Crippen LogP contribution >= 0.6 is 11.6 Å². The average Bonchev–Trinajstić information content (AvgIpc) is 2.21. The van der Waals surface area contributed by atoms with Crippen LogP contribution < -0.4 is 11.1 Å². The summed E-state index contributed by atoms with van der Waals surface area (Å²) < 4.78 is 0. The van der Waals surface area contributed by atoms with Crippen molar-refractivity contribution in [2.45, 2.75) is 13.0 Å². The maximum atomic E-state index is 11.6. The number of benzene rings is 1. The Morgan fingerprint density at radius 1 is 1.67 bits per heavy atom. The van der Waals surface area contributed by atoms with E-state index in [9.17, 15) is 9.90 Å². The number of nitrogens with two attached hydrogens (primary N) is 1. The molecule has 4 N–H and O–H groups in total. The van der Waals surface area contributed by atoms with Gasteiger partial charge in [0.2, 0.25) is 0 Å². The Kier molecular flexibility index (Phi) is 3.94. The van der Waals surface area contributed by atoms with E-state index in [2.05, 4.69) is 5.32 Å². The van der Waals surface area contributed by atoms with Crippen molar-refractivity contribution in [3.05, 3.63) is 28.8 Å². The summed E-state index contributed by atoms with van der Waals surface area (Å²) in [7, 11) is 0. The highest BCUT2D eigenvalue weighted by Crippen LogP contribution is 2.20. The molecule has 1 atom stereocenters. The number of phenolic OH excluding ortho intramolecular Hbond substituents is 1. The van der Waals surface area contributed by atoms with Crippen molar-refractivity contribution in [3.63, 3.8) is 0 Å². The number of hydrogen-bond acceptors (Lipinski definition) is 3. The van der Waals surface area contributed by atoms with Gasteiger partial charge in [-0.05, 0) is 25.1 Å². The highest BCUT2D eigenvalue weighted by atomic mass is 35.5. The number of carbonyl (C=O) groups excluding carboxylic acids is 1. The van der Waals surface area contributed by atoms with Crippen molar-refractivity contribution in [2.24, 2.45) is 5.73 Å². The third-order valence-corrected chi connectivity index (χ3v) is 2.26. The topological polar surface area (TPSA) is 75.3 Å². The molecule has 0 aromatic heterocycles. The summed E-state index contributed by atoms with van der Waals surface area (Å²) in [4.78, 5) is 11.6. The maximum Gasteiger partial charge on any atom is 0.253 e. The lowest BCUT2D eigenvalue weighted by atomic mass is 10.2. The summed E-state index contributed by atoms with van der Waals surface area (Å²) in [6.45, 7) is 2.14. The van der Waals surface area contributed by atoms with Crippen LogP contribution in [0.15, 0.2) is 18.2 Å². The van der Waals surface area contributed by atoms with Crippen molar-refractivity contribution in [2.75, 3.05) is 6.54 Å². The highest BCUT2D eigenvalue weighted by Gasteiger charge is 2.12. The third kappa shape index (κ3) is 3.11. The minimum absolute atomic E-state index is 0.00458. The minimum atomic E-state index is -0.339. The first-order valence-corrected chi connectivity index (χ1v) is 4.92. The SMILES string of the molecule is C[C@H](CN)NC(=O)c1cc(O)ccc1Cl. The van der Waals surface area contributed by atoms with Crippen LogP contribution in [0.3, 0.4) is 0 Å². The van der Waals surface area contributed by atoms with Gasteiger partial charge in [-0.1, -0.05) is 11.6 Å². The molecule has 0 spiro atoms. The fraction of sp³-hybridized carbons (Fsp3) is 0.300. The second kappa shape index (κ2) is 5.00. The van der Waals surface area contributed by atoms with E-state index in [4.69, 9.17) is 17.3 Å². The summed E-state index contributed by atoms with van der Waals surface area (Å²) in [6.07, 6.45) is 0. The lowest BCUT2D eigenvalue weighted by Crippen LogP contribution is -2.37. The number of hydrogen-bond donors (Lipinski definition) is 3. The van der Waals surface area contributed by atoms with Gasteiger partial charge in [0, 0.05) is 12.6 Å². The Morgan fingerprint density at radius 2 is 2.33 bits per heavy atom. The van der Waals surface area contributed by atoms with Gasteiger partial charge >= 0.3 is 0 Å². The lowest BCUT2D eigenvalue weighted by molar-refractivity contribution is 0.0941. The molecule has 1 aromatic carbocycles. The molecule has 5 heteroatoms. The molecule has 0 aliphatic rings. The molecule has 0 aliphatic carbocycles. The molecule has 0 unspecified atom stereocenters. The number of halogens is 1. The molecule has 1 rings (SSSR count). The Bertz CT molecular complexity index is 368. The van der Waals surface area contributed by atoms with Crippen molar-refractivity contribution in [3.8, 4) is 5.75 Å². The van der Waals surface area contributed by atoms with Crippen LogP contribution in [0, 0.1) is 0 Å². The molecule has 1 aromatic rings. The van der Waals surface area contributed by atoms with Crippen LogP contribution in [0.5, 0.6) is 5.75 Å². The predicted molar refractivity (Wildman–Crippen MR) is 59.1 cm³/mol. The van der Waals surface area contributed by atoms with Crippen LogP contribution in [-0.2, 0) is 0 Å². The second-order valence-electron chi connectivity index (χ2n) is 3.27. The first-order valence-electron chi connectivity index (χ1n) is 4.54. The van der Waals surface area contributed by atoms with E-state index in [-0.39, 0.29) is 23.3 Å². The highest BCUT2D eigenvalue weighted by molar-refractivity contribution is 6.33. The fourth-order valence-corrected chi connectivity index (χ4v) is 1.25. The Balaban J connectivity index is 2.86. The number of phenols is 1. The first-order chi connectivity index (χ1) is 7.04. The van der Waals surface area contributed by atoms with Crippen LogP contribution in [0.25, 0.3) is 0 Å². The van der Waals surface area contributed by atoms with Gasteiger partial charge in [0.15, 0.2) is 0 Å². The van der Waals surface area contributed by atoms with Gasteiger partial charge in [-0.15, -0.1) is 0 Å². The smallest absolute Gasteiger partial charge is 0.253 e. The van der Waals surface area contributed by atoms with Gasteiger partial charge in [-0.2, -0.15) is 0 Å². The zero-order valence-electron chi connectivity index (χ0n) is 8.33. The maximum absolute atomic E-state index is 11.6. The van der Waals surface area contributed by atoms with Gasteiger partial charge in [-0.3, -0.25) is 4.79 Å². The van der Waals surface area contributed by atoms with Crippen molar-refractivity contribution >= 4 is 17.5 Å². The van der Waals surface area contributed by atoms with Crippen LogP contribution in [0.1, 0.15) is 17.3 Å². The molecule has 1 amide bonds. The molecule has 0 fully saturated rings. The zero-order chi connectivity index (χ0) is 11.4.